The minimum atomic E-state index is -0.390. The molecule has 0 spiro atoms. The maximum absolute atomic E-state index is 12.1. The van der Waals surface area contributed by atoms with E-state index in [-0.39, 0.29) is 21.8 Å². The van der Waals surface area contributed by atoms with E-state index in [2.05, 4.69) is 13.8 Å². The summed E-state index contributed by atoms with van der Waals surface area (Å²) in [6.07, 6.45) is 3.90. The van der Waals surface area contributed by atoms with Gasteiger partial charge in [-0.2, -0.15) is 0 Å². The number of hydrogen-bond donors (Lipinski definition) is 1. The second kappa shape index (κ2) is 5.82. The average Bonchev–Trinajstić information content (AvgIpc) is 2.37. The van der Waals surface area contributed by atoms with E-state index in [0.717, 1.165) is 25.7 Å². The van der Waals surface area contributed by atoms with E-state index in [0.29, 0.717) is 11.0 Å². The maximum Gasteiger partial charge on any atom is 0.338 e. The Labute approximate surface area is 129 Å². The highest BCUT2D eigenvalue weighted by Crippen LogP contribution is 2.36. The molecule has 0 radical (unpaired) electrons. The van der Waals surface area contributed by atoms with Crippen molar-refractivity contribution >= 4 is 34.9 Å². The molecule has 1 fully saturated rings. The van der Waals surface area contributed by atoms with E-state index in [9.17, 15) is 4.79 Å². The SMILES string of the molecule is CC1(C)CCC(OC(=O)c2cc(Cl)c(N)c(Cl)c2)CC1. The molecule has 0 aromatic heterocycles. The third kappa shape index (κ3) is 3.58. The molecule has 0 aliphatic heterocycles. The van der Waals surface area contributed by atoms with Gasteiger partial charge in [0.05, 0.1) is 21.3 Å². The highest BCUT2D eigenvalue weighted by atomic mass is 35.5. The van der Waals surface area contributed by atoms with E-state index in [4.69, 9.17) is 33.7 Å². The van der Waals surface area contributed by atoms with Gasteiger partial charge in [0, 0.05) is 0 Å². The molecule has 110 valence electrons. The van der Waals surface area contributed by atoms with Gasteiger partial charge in [-0.05, 0) is 43.2 Å². The van der Waals surface area contributed by atoms with Crippen molar-refractivity contribution in [2.75, 3.05) is 5.73 Å². The number of halogens is 2. The molecule has 2 rings (SSSR count). The fraction of sp³-hybridized carbons (Fsp3) is 0.533. The minimum absolute atomic E-state index is 0.0226. The van der Waals surface area contributed by atoms with Gasteiger partial charge >= 0.3 is 5.97 Å². The van der Waals surface area contributed by atoms with Crippen LogP contribution in [0.4, 0.5) is 5.69 Å². The zero-order chi connectivity index (χ0) is 14.9. The first-order chi connectivity index (χ1) is 9.28. The molecule has 1 aromatic rings. The van der Waals surface area contributed by atoms with E-state index >= 15 is 0 Å². The summed E-state index contributed by atoms with van der Waals surface area (Å²) >= 11 is 11.9. The summed E-state index contributed by atoms with van der Waals surface area (Å²) in [4.78, 5) is 12.1. The fourth-order valence-electron chi connectivity index (χ4n) is 2.41. The molecule has 5 heteroatoms. The monoisotopic (exact) mass is 315 g/mol. The Morgan fingerprint density at radius 1 is 1.25 bits per heavy atom. The Morgan fingerprint density at radius 3 is 2.25 bits per heavy atom. The molecule has 1 aliphatic carbocycles. The van der Waals surface area contributed by atoms with Crippen LogP contribution in [0.1, 0.15) is 49.9 Å². The van der Waals surface area contributed by atoms with Gasteiger partial charge in [-0.1, -0.05) is 37.0 Å². The topological polar surface area (TPSA) is 52.3 Å². The van der Waals surface area contributed by atoms with Crippen molar-refractivity contribution in [2.45, 2.75) is 45.6 Å². The van der Waals surface area contributed by atoms with Crippen LogP contribution in [0.5, 0.6) is 0 Å². The van der Waals surface area contributed by atoms with Crippen LogP contribution in [0.3, 0.4) is 0 Å². The summed E-state index contributed by atoms with van der Waals surface area (Å²) in [5, 5.41) is 0.545. The smallest absolute Gasteiger partial charge is 0.338 e. The van der Waals surface area contributed by atoms with Crippen LogP contribution in [0.25, 0.3) is 0 Å². The molecular formula is C15H19Cl2NO2. The van der Waals surface area contributed by atoms with Crippen LogP contribution in [0.2, 0.25) is 10.0 Å². The van der Waals surface area contributed by atoms with Gasteiger partial charge in [0.1, 0.15) is 6.10 Å². The third-order valence-electron chi connectivity index (χ3n) is 3.87. The van der Waals surface area contributed by atoms with Gasteiger partial charge < -0.3 is 10.5 Å². The van der Waals surface area contributed by atoms with Crippen molar-refractivity contribution < 1.29 is 9.53 Å². The molecule has 1 aromatic carbocycles. The first-order valence-corrected chi connectivity index (χ1v) is 7.49. The number of carbonyl (C=O) groups is 1. The molecule has 0 heterocycles. The van der Waals surface area contributed by atoms with E-state index in [1.54, 1.807) is 0 Å². The fourth-order valence-corrected chi connectivity index (χ4v) is 2.90. The quantitative estimate of drug-likeness (QED) is 0.635. The number of esters is 1. The van der Waals surface area contributed by atoms with Crippen molar-refractivity contribution in [3.05, 3.63) is 27.7 Å². The summed E-state index contributed by atoms with van der Waals surface area (Å²) in [7, 11) is 0. The Kier molecular flexibility index (Phi) is 4.50. The average molecular weight is 316 g/mol. The molecule has 0 atom stereocenters. The standard InChI is InChI=1S/C15H19Cl2NO2/c1-15(2)5-3-10(4-6-15)20-14(19)9-7-11(16)13(18)12(17)8-9/h7-8,10H,3-6,18H2,1-2H3. The second-order valence-electron chi connectivity index (χ2n) is 6.12. The van der Waals surface area contributed by atoms with Crippen LogP contribution in [0.15, 0.2) is 12.1 Å². The largest absolute Gasteiger partial charge is 0.459 e. The van der Waals surface area contributed by atoms with E-state index in [1.807, 2.05) is 0 Å². The lowest BCUT2D eigenvalue weighted by atomic mass is 9.76. The van der Waals surface area contributed by atoms with Gasteiger partial charge in [-0.3, -0.25) is 0 Å². The molecule has 0 unspecified atom stereocenters. The number of anilines is 1. The third-order valence-corrected chi connectivity index (χ3v) is 4.50. The van der Waals surface area contributed by atoms with Crippen LogP contribution < -0.4 is 5.73 Å². The van der Waals surface area contributed by atoms with Crippen molar-refractivity contribution in [1.29, 1.82) is 0 Å². The molecule has 20 heavy (non-hydrogen) atoms. The van der Waals surface area contributed by atoms with Crippen LogP contribution in [-0.4, -0.2) is 12.1 Å². The zero-order valence-electron chi connectivity index (χ0n) is 11.7. The number of rotatable bonds is 2. The van der Waals surface area contributed by atoms with Gasteiger partial charge in [0.25, 0.3) is 0 Å². The van der Waals surface area contributed by atoms with Gasteiger partial charge in [0.15, 0.2) is 0 Å². The number of nitrogen functional groups attached to an aromatic ring is 1. The van der Waals surface area contributed by atoms with Crippen molar-refractivity contribution in [1.82, 2.24) is 0 Å². The normalized spacial score (nSPS) is 18.8. The van der Waals surface area contributed by atoms with E-state index in [1.165, 1.54) is 12.1 Å². The molecule has 1 saturated carbocycles. The van der Waals surface area contributed by atoms with Crippen LogP contribution >= 0.6 is 23.2 Å². The van der Waals surface area contributed by atoms with Crippen molar-refractivity contribution in [3.8, 4) is 0 Å². The summed E-state index contributed by atoms with van der Waals surface area (Å²) in [5.74, 6) is -0.390. The zero-order valence-corrected chi connectivity index (χ0v) is 13.2. The Morgan fingerprint density at radius 2 is 1.75 bits per heavy atom. The Bertz CT molecular complexity index is 496. The first kappa shape index (κ1) is 15.5. The predicted octanol–water partition coefficient (Wildman–Crippen LogP) is 4.70. The van der Waals surface area contributed by atoms with Gasteiger partial charge in [-0.15, -0.1) is 0 Å². The number of ether oxygens (including phenoxy) is 1. The first-order valence-electron chi connectivity index (χ1n) is 6.74. The van der Waals surface area contributed by atoms with E-state index < -0.39 is 5.97 Å². The van der Waals surface area contributed by atoms with Gasteiger partial charge in [-0.25, -0.2) is 4.79 Å². The number of hydrogen-bond acceptors (Lipinski definition) is 3. The van der Waals surface area contributed by atoms with Crippen LogP contribution in [0, 0.1) is 5.41 Å². The lowest BCUT2D eigenvalue weighted by molar-refractivity contribution is 0.00951. The summed E-state index contributed by atoms with van der Waals surface area (Å²) in [6, 6.07) is 3.00. The predicted molar refractivity (Wildman–Crippen MR) is 82.3 cm³/mol. The van der Waals surface area contributed by atoms with Crippen molar-refractivity contribution in [2.24, 2.45) is 5.41 Å². The summed E-state index contributed by atoms with van der Waals surface area (Å²) < 4.78 is 5.52. The van der Waals surface area contributed by atoms with Crippen molar-refractivity contribution in [3.63, 3.8) is 0 Å². The molecule has 0 saturated heterocycles. The highest BCUT2D eigenvalue weighted by molar-refractivity contribution is 6.39. The molecule has 2 N–H and O–H groups in total. The molecule has 1 aliphatic rings. The lowest BCUT2D eigenvalue weighted by Crippen LogP contribution is -2.28. The van der Waals surface area contributed by atoms with Gasteiger partial charge in [0.2, 0.25) is 0 Å². The molecular weight excluding hydrogens is 297 g/mol. The minimum Gasteiger partial charge on any atom is -0.459 e. The summed E-state index contributed by atoms with van der Waals surface area (Å²) in [6.45, 7) is 4.48. The number of carbonyl (C=O) groups excluding carboxylic acids is 1. The second-order valence-corrected chi connectivity index (χ2v) is 6.94. The maximum atomic E-state index is 12.1. The number of nitrogens with two attached hydrogens (primary N) is 1. The lowest BCUT2D eigenvalue weighted by Gasteiger charge is -2.33. The molecule has 0 bridgehead atoms. The Hall–Kier alpha value is -0.930. The Balaban J connectivity index is 2.02. The number of benzene rings is 1. The molecule has 3 nitrogen and oxygen atoms in total. The highest BCUT2D eigenvalue weighted by Gasteiger charge is 2.29. The molecule has 0 amide bonds. The summed E-state index contributed by atoms with van der Waals surface area (Å²) in [5.41, 5.74) is 6.62. The van der Waals surface area contributed by atoms with Crippen LogP contribution in [-0.2, 0) is 4.74 Å².